The maximum absolute atomic E-state index is 12.3. The van der Waals surface area contributed by atoms with Gasteiger partial charge in [0.15, 0.2) is 16.6 Å². The molecule has 26 heteroatoms. The Labute approximate surface area is 377 Å². The third-order valence-electron chi connectivity index (χ3n) is 9.11. The number of benzene rings is 5. The summed E-state index contributed by atoms with van der Waals surface area (Å²) in [5.74, 6) is -0.00410. The largest absolute Gasteiger partial charge is 0.339 e. The number of anilines is 4. The maximum atomic E-state index is 12.3. The summed E-state index contributed by atoms with van der Waals surface area (Å²) < 4.78 is 105. The molecule has 65 heavy (non-hydrogen) atoms. The Morgan fingerprint density at radius 2 is 1.32 bits per heavy atom. The zero-order chi connectivity index (χ0) is 46.7. The van der Waals surface area contributed by atoms with E-state index in [1.165, 1.54) is 48.5 Å². The molecule has 0 atom stereocenters. The van der Waals surface area contributed by atoms with Gasteiger partial charge in [0.1, 0.15) is 22.3 Å². The summed E-state index contributed by atoms with van der Waals surface area (Å²) in [4.78, 5) is 8.33. The van der Waals surface area contributed by atoms with Gasteiger partial charge in [0, 0.05) is 32.8 Å². The second kappa shape index (κ2) is 18.9. The predicted molar refractivity (Wildman–Crippen MR) is 238 cm³/mol. The molecule has 7 aromatic rings. The molecule has 21 nitrogen and oxygen atoms in total. The smallest absolute Gasteiger partial charge is 0.295 e. The Morgan fingerprint density at radius 3 is 1.89 bits per heavy atom. The summed E-state index contributed by atoms with van der Waals surface area (Å²) in [5.41, 5.74) is 2.84. The number of hydrogen-bond donors (Lipinski definition) is 6. The topological polar surface area (TPSA) is 325 Å². The molecule has 0 radical (unpaired) electrons. The van der Waals surface area contributed by atoms with Gasteiger partial charge in [-0.25, -0.2) is 15.2 Å². The first-order valence-corrected chi connectivity index (χ1v) is 23.9. The van der Waals surface area contributed by atoms with Crippen molar-refractivity contribution in [2.24, 2.45) is 20.5 Å². The van der Waals surface area contributed by atoms with Crippen molar-refractivity contribution < 1.29 is 53.5 Å². The predicted octanol–water partition coefficient (Wildman–Crippen LogP) is 10.3. The number of hydrogen-bond acceptors (Lipinski definition) is 20. The van der Waals surface area contributed by atoms with E-state index in [1.807, 2.05) is 19.1 Å². The van der Waals surface area contributed by atoms with Crippen LogP contribution >= 0.6 is 23.4 Å². The highest BCUT2D eigenvalue weighted by Crippen LogP contribution is 2.44. The van der Waals surface area contributed by atoms with Crippen LogP contribution in [0.2, 0.25) is 0 Å². The van der Waals surface area contributed by atoms with Crippen LogP contribution < -0.4 is 10.6 Å². The van der Waals surface area contributed by atoms with Gasteiger partial charge in [0.25, 0.3) is 30.4 Å². The Kier molecular flexibility index (Phi) is 13.5. The van der Waals surface area contributed by atoms with Crippen LogP contribution in [0.1, 0.15) is 16.7 Å². The second-order valence-electron chi connectivity index (χ2n) is 13.4. The van der Waals surface area contributed by atoms with Crippen molar-refractivity contribution in [1.82, 2.24) is 9.97 Å². The molecule has 0 saturated carbocycles. The number of rotatable bonds is 15. The number of nitrogens with zero attached hydrogens (tertiary/aromatic N) is 7. The van der Waals surface area contributed by atoms with Crippen molar-refractivity contribution >= 4 is 109 Å². The summed E-state index contributed by atoms with van der Waals surface area (Å²) in [6, 6.07) is 26.3. The molecule has 5 aromatic carbocycles. The molecule has 332 valence electrons. The number of fused-ring (bicyclic) bond motifs is 1. The normalized spacial score (nSPS) is 12.3. The van der Waals surface area contributed by atoms with Crippen molar-refractivity contribution in [3.8, 4) is 17.3 Å². The highest BCUT2D eigenvalue weighted by molar-refractivity contribution is 7.94. The average molecular weight is 976 g/mol. The minimum Gasteiger partial charge on any atom is -0.339 e. The zero-order valence-electron chi connectivity index (χ0n) is 33.0. The van der Waals surface area contributed by atoms with Gasteiger partial charge in [-0.1, -0.05) is 58.3 Å². The number of nitriles is 1. The number of azo groups is 2. The van der Waals surface area contributed by atoms with Gasteiger partial charge in [0.2, 0.25) is 5.13 Å². The third-order valence-corrected chi connectivity index (χ3v) is 13.2. The summed E-state index contributed by atoms with van der Waals surface area (Å²) in [5, 5.41) is 47.1. The third kappa shape index (κ3) is 10.8. The van der Waals surface area contributed by atoms with Crippen LogP contribution in [0.5, 0.6) is 0 Å². The quantitative estimate of drug-likeness (QED) is 0.0183. The van der Waals surface area contributed by atoms with Gasteiger partial charge in [-0.2, -0.15) is 30.5 Å². The van der Waals surface area contributed by atoms with Crippen LogP contribution in [0, 0.1) is 25.2 Å². The first kappa shape index (κ1) is 46.4. The Bertz CT molecular complexity index is 3420. The lowest BCUT2D eigenvalue weighted by molar-refractivity contribution is -0.432. The molecule has 0 amide bonds. The fraction of sp³-hybridized carbons (Fsp3) is 0.0513. The monoisotopic (exact) mass is 975 g/mol. The van der Waals surface area contributed by atoms with E-state index in [-0.39, 0.29) is 75.7 Å². The van der Waals surface area contributed by atoms with Crippen LogP contribution in [-0.4, -0.2) is 54.1 Å². The standard InChI is InChI=1S/C39H29N9O12S5/c1-21-6-8-23(9-7-21)35-38(47-45-26-18-30-29(32(19-26)62-60-59-49)4-3-5-33(30)65(56,57)58)61-39(43-35)48-46-34-22(2)31(20-40)36(41-24-10-14-27(15-11-24)63(50,51)52)44-37(34)42-25-12-16-28(17-13-25)64(53,54)55/h3-19,49H,1-2H3,(H2,41,42,44)(H,50,51,52)(H,53,54,55)(H,56,57,58). The van der Waals surface area contributed by atoms with E-state index in [0.29, 0.717) is 28.7 Å². The van der Waals surface area contributed by atoms with E-state index in [1.54, 1.807) is 25.1 Å². The fourth-order valence-electron chi connectivity index (χ4n) is 6.04. The van der Waals surface area contributed by atoms with Crippen LogP contribution in [0.15, 0.2) is 143 Å². The molecule has 0 aliphatic heterocycles. The van der Waals surface area contributed by atoms with Crippen LogP contribution in [0.4, 0.5) is 44.5 Å². The molecule has 0 saturated heterocycles. The molecule has 0 spiro atoms. The van der Waals surface area contributed by atoms with Crippen LogP contribution in [0.3, 0.4) is 0 Å². The molecule has 6 N–H and O–H groups in total. The minimum atomic E-state index is -4.70. The van der Waals surface area contributed by atoms with Crippen molar-refractivity contribution in [2.75, 3.05) is 10.6 Å². The van der Waals surface area contributed by atoms with Gasteiger partial charge < -0.3 is 10.6 Å². The van der Waals surface area contributed by atoms with E-state index in [4.69, 9.17) is 5.26 Å². The van der Waals surface area contributed by atoms with Gasteiger partial charge in [0.05, 0.1) is 33.1 Å². The summed E-state index contributed by atoms with van der Waals surface area (Å²) in [6.07, 6.45) is 0. The van der Waals surface area contributed by atoms with Crippen molar-refractivity contribution in [3.63, 3.8) is 0 Å². The minimum absolute atomic E-state index is 0.0000690. The molecule has 7 rings (SSSR count). The number of aromatic nitrogens is 2. The van der Waals surface area contributed by atoms with Crippen molar-refractivity contribution in [3.05, 3.63) is 120 Å². The fourth-order valence-corrected chi connectivity index (χ4v) is 8.98. The van der Waals surface area contributed by atoms with E-state index in [9.17, 15) is 44.2 Å². The lowest BCUT2D eigenvalue weighted by Gasteiger charge is -2.16. The van der Waals surface area contributed by atoms with E-state index in [0.717, 1.165) is 41.2 Å². The SMILES string of the molecule is Cc1ccc(-c2nc(N=Nc3c(Nc4ccc(S(=O)(=O)O)cc4)nc(Nc4ccc(S(=O)(=O)O)cc4)c(C#N)c3C)sc2N=Nc2cc(SOOO)c3cccc(S(=O)(=O)O)c3c2)cc1. The highest BCUT2D eigenvalue weighted by atomic mass is 32.2. The number of aryl methyl sites for hydroxylation is 1. The van der Waals surface area contributed by atoms with Crippen molar-refractivity contribution in [1.29, 1.82) is 5.26 Å². The van der Waals surface area contributed by atoms with Gasteiger partial charge in [-0.05, 0) is 86.0 Å². The molecule has 0 aliphatic carbocycles. The zero-order valence-corrected chi connectivity index (χ0v) is 37.1. The first-order valence-electron chi connectivity index (χ1n) is 18.1. The van der Waals surface area contributed by atoms with Gasteiger partial charge in [-0.15, -0.1) is 24.8 Å². The molecule has 0 fully saturated rings. The Hall–Kier alpha value is -6.61. The summed E-state index contributed by atoms with van der Waals surface area (Å²) in [6.45, 7) is 3.46. The molecule has 0 aliphatic rings. The molecule has 2 aromatic heterocycles. The van der Waals surface area contributed by atoms with Crippen LogP contribution in [0.25, 0.3) is 22.0 Å². The lowest BCUT2D eigenvalue weighted by atomic mass is 10.1. The summed E-state index contributed by atoms with van der Waals surface area (Å²) >= 11 is 1.49. The van der Waals surface area contributed by atoms with Crippen LogP contribution in [-0.2, 0) is 39.7 Å². The van der Waals surface area contributed by atoms with Gasteiger partial charge in [-0.3, -0.25) is 13.7 Å². The number of pyridine rings is 1. The number of thiazole rings is 1. The molecular weight excluding hydrogens is 947 g/mol. The van der Waals surface area contributed by atoms with E-state index >= 15 is 0 Å². The molecule has 0 bridgehead atoms. The maximum Gasteiger partial charge on any atom is 0.295 e. The second-order valence-corrected chi connectivity index (χ2v) is 19.4. The highest BCUT2D eigenvalue weighted by Gasteiger charge is 2.22. The Morgan fingerprint density at radius 1 is 0.708 bits per heavy atom. The molecule has 0 unspecified atom stereocenters. The lowest BCUT2D eigenvalue weighted by Crippen LogP contribution is -2.05. The molecular formula is C39H29N9O12S5. The summed E-state index contributed by atoms with van der Waals surface area (Å²) in [7, 11) is -13.7. The average Bonchev–Trinajstić information content (AvgIpc) is 3.67. The van der Waals surface area contributed by atoms with E-state index < -0.39 is 35.2 Å². The Balaban J connectivity index is 1.32. The number of nitrogens with one attached hydrogen (secondary N) is 2. The first-order chi connectivity index (χ1) is 30.8. The van der Waals surface area contributed by atoms with Crippen molar-refractivity contribution in [2.45, 2.75) is 33.4 Å². The van der Waals surface area contributed by atoms with Gasteiger partial charge >= 0.3 is 0 Å². The van der Waals surface area contributed by atoms with E-state index in [2.05, 4.69) is 56.5 Å². The molecule has 2 heterocycles.